The highest BCUT2D eigenvalue weighted by atomic mass is 16.5. The van der Waals surface area contributed by atoms with Gasteiger partial charge in [-0.05, 0) is 74.8 Å². The van der Waals surface area contributed by atoms with E-state index in [9.17, 15) is 0 Å². The average Bonchev–Trinajstić information content (AvgIpc) is 2.68. The van der Waals surface area contributed by atoms with Crippen LogP contribution in [0.5, 0.6) is 0 Å². The second-order valence-electron chi connectivity index (χ2n) is 8.18. The Labute approximate surface area is 154 Å². The van der Waals surface area contributed by atoms with E-state index in [4.69, 9.17) is 9.47 Å². The molecule has 0 N–H and O–H groups in total. The zero-order valence-corrected chi connectivity index (χ0v) is 16.2. The molecule has 0 radical (unpaired) electrons. The Bertz CT molecular complexity index is 479. The second-order valence-corrected chi connectivity index (χ2v) is 8.18. The van der Waals surface area contributed by atoms with Gasteiger partial charge in [0.15, 0.2) is 0 Å². The minimum Gasteiger partial charge on any atom is -0.381 e. The van der Waals surface area contributed by atoms with E-state index in [2.05, 4.69) is 31.2 Å². The molecule has 2 heteroatoms. The summed E-state index contributed by atoms with van der Waals surface area (Å²) in [6, 6.07) is 9.42. The zero-order valence-electron chi connectivity index (χ0n) is 16.2. The molecule has 1 aliphatic heterocycles. The quantitative estimate of drug-likeness (QED) is 0.614. The summed E-state index contributed by atoms with van der Waals surface area (Å²) in [5, 5.41) is 0. The first-order valence-electron chi connectivity index (χ1n) is 10.5. The molecule has 0 amide bonds. The van der Waals surface area contributed by atoms with E-state index in [-0.39, 0.29) is 0 Å². The Morgan fingerprint density at radius 2 is 1.72 bits per heavy atom. The van der Waals surface area contributed by atoms with E-state index >= 15 is 0 Å². The van der Waals surface area contributed by atoms with Gasteiger partial charge in [-0.25, -0.2) is 0 Å². The van der Waals surface area contributed by atoms with Crippen molar-refractivity contribution in [2.75, 3.05) is 13.7 Å². The molecule has 2 aliphatic rings. The minimum atomic E-state index is 0.508. The van der Waals surface area contributed by atoms with Crippen LogP contribution >= 0.6 is 0 Å². The molecule has 1 aliphatic carbocycles. The van der Waals surface area contributed by atoms with Crippen molar-refractivity contribution in [2.24, 2.45) is 5.92 Å². The standard InChI is InChI=1S/C23H36O2/c1-3-4-23-16-13-21(17-25-23)20-11-7-18(8-12-20)5-6-19-9-14-22(24-2)15-10-19/h7-8,11-12,19,21-23H,3-6,9-10,13-17H2,1-2H3. The van der Waals surface area contributed by atoms with Gasteiger partial charge in [-0.2, -0.15) is 0 Å². The Morgan fingerprint density at radius 1 is 0.960 bits per heavy atom. The molecule has 25 heavy (non-hydrogen) atoms. The lowest BCUT2D eigenvalue weighted by Crippen LogP contribution is -2.24. The Hall–Kier alpha value is -0.860. The molecular formula is C23H36O2. The highest BCUT2D eigenvalue weighted by molar-refractivity contribution is 5.26. The van der Waals surface area contributed by atoms with Crippen molar-refractivity contribution in [2.45, 2.75) is 89.3 Å². The van der Waals surface area contributed by atoms with Crippen LogP contribution in [-0.2, 0) is 15.9 Å². The molecule has 0 bridgehead atoms. The van der Waals surface area contributed by atoms with Gasteiger partial charge in [0.2, 0.25) is 0 Å². The summed E-state index contributed by atoms with van der Waals surface area (Å²) in [5.41, 5.74) is 2.97. The maximum Gasteiger partial charge on any atom is 0.0575 e. The third-order valence-corrected chi connectivity index (χ3v) is 6.40. The van der Waals surface area contributed by atoms with Crippen molar-refractivity contribution in [3.8, 4) is 0 Å². The molecule has 2 nitrogen and oxygen atoms in total. The first-order valence-corrected chi connectivity index (χ1v) is 10.5. The maximum atomic E-state index is 6.05. The third-order valence-electron chi connectivity index (χ3n) is 6.40. The van der Waals surface area contributed by atoms with Crippen LogP contribution in [0, 0.1) is 5.92 Å². The molecular weight excluding hydrogens is 308 g/mol. The predicted molar refractivity (Wildman–Crippen MR) is 104 cm³/mol. The number of ether oxygens (including phenoxy) is 2. The number of aryl methyl sites for hydroxylation is 1. The molecule has 0 spiro atoms. The predicted octanol–water partition coefficient (Wildman–Crippen LogP) is 5.89. The highest BCUT2D eigenvalue weighted by Crippen LogP contribution is 2.31. The van der Waals surface area contributed by atoms with Crippen LogP contribution in [0.3, 0.4) is 0 Å². The topological polar surface area (TPSA) is 18.5 Å². The lowest BCUT2D eigenvalue weighted by Gasteiger charge is -2.29. The fourth-order valence-electron chi connectivity index (χ4n) is 4.60. The first-order chi connectivity index (χ1) is 12.3. The fourth-order valence-corrected chi connectivity index (χ4v) is 4.60. The molecule has 1 saturated heterocycles. The lowest BCUT2D eigenvalue weighted by atomic mass is 9.83. The van der Waals surface area contributed by atoms with Crippen molar-refractivity contribution in [3.63, 3.8) is 0 Å². The van der Waals surface area contributed by atoms with Crippen molar-refractivity contribution in [3.05, 3.63) is 35.4 Å². The van der Waals surface area contributed by atoms with Gasteiger partial charge < -0.3 is 9.47 Å². The molecule has 0 aromatic heterocycles. The molecule has 1 aromatic rings. The van der Waals surface area contributed by atoms with Crippen LogP contribution in [-0.4, -0.2) is 25.9 Å². The lowest BCUT2D eigenvalue weighted by molar-refractivity contribution is -0.00111. The zero-order chi connectivity index (χ0) is 17.5. The molecule has 2 atom stereocenters. The molecule has 3 rings (SSSR count). The van der Waals surface area contributed by atoms with Gasteiger partial charge >= 0.3 is 0 Å². The summed E-state index contributed by atoms with van der Waals surface area (Å²) in [4.78, 5) is 0. The molecule has 2 unspecified atom stereocenters. The summed E-state index contributed by atoms with van der Waals surface area (Å²) in [7, 11) is 1.86. The monoisotopic (exact) mass is 344 g/mol. The van der Waals surface area contributed by atoms with E-state index in [1.165, 1.54) is 75.3 Å². The van der Waals surface area contributed by atoms with Gasteiger partial charge in [-0.3, -0.25) is 0 Å². The van der Waals surface area contributed by atoms with Crippen LogP contribution in [0.4, 0.5) is 0 Å². The van der Waals surface area contributed by atoms with Crippen molar-refractivity contribution in [1.29, 1.82) is 0 Å². The van der Waals surface area contributed by atoms with Gasteiger partial charge in [0.05, 0.1) is 18.8 Å². The Morgan fingerprint density at radius 3 is 2.32 bits per heavy atom. The average molecular weight is 345 g/mol. The summed E-state index contributed by atoms with van der Waals surface area (Å²) in [6.45, 7) is 3.16. The van der Waals surface area contributed by atoms with Crippen LogP contribution < -0.4 is 0 Å². The third kappa shape index (κ3) is 5.56. The van der Waals surface area contributed by atoms with Gasteiger partial charge in [-0.15, -0.1) is 0 Å². The van der Waals surface area contributed by atoms with Gasteiger partial charge in [0.1, 0.15) is 0 Å². The van der Waals surface area contributed by atoms with Crippen LogP contribution in [0.1, 0.15) is 81.8 Å². The summed E-state index contributed by atoms with van der Waals surface area (Å²) in [5.74, 6) is 1.50. The molecule has 2 fully saturated rings. The SMILES string of the molecule is CCCC1CCC(c2ccc(CCC3CCC(OC)CC3)cc2)CO1. The maximum absolute atomic E-state index is 6.05. The summed E-state index contributed by atoms with van der Waals surface area (Å²) < 4.78 is 11.5. The molecule has 140 valence electrons. The number of hydrogen-bond donors (Lipinski definition) is 0. The first kappa shape index (κ1) is 18.9. The number of hydrogen-bond acceptors (Lipinski definition) is 2. The van der Waals surface area contributed by atoms with E-state index < -0.39 is 0 Å². The van der Waals surface area contributed by atoms with Crippen LogP contribution in [0.15, 0.2) is 24.3 Å². The van der Waals surface area contributed by atoms with E-state index in [0.29, 0.717) is 18.1 Å². The molecule has 1 saturated carbocycles. The van der Waals surface area contributed by atoms with E-state index in [1.807, 2.05) is 7.11 Å². The summed E-state index contributed by atoms with van der Waals surface area (Å²) >= 11 is 0. The van der Waals surface area contributed by atoms with Crippen LogP contribution in [0.25, 0.3) is 0 Å². The van der Waals surface area contributed by atoms with Crippen molar-refractivity contribution < 1.29 is 9.47 Å². The summed E-state index contributed by atoms with van der Waals surface area (Å²) in [6.07, 6.45) is 13.7. The van der Waals surface area contributed by atoms with Crippen LogP contribution in [0.2, 0.25) is 0 Å². The normalized spacial score (nSPS) is 30.3. The fraction of sp³-hybridized carbons (Fsp3) is 0.739. The Kier molecular flexibility index (Phi) is 7.36. The van der Waals surface area contributed by atoms with E-state index in [0.717, 1.165) is 12.5 Å². The Balaban J connectivity index is 1.42. The van der Waals surface area contributed by atoms with Gasteiger partial charge in [0.25, 0.3) is 0 Å². The number of methoxy groups -OCH3 is 1. The van der Waals surface area contributed by atoms with Crippen molar-refractivity contribution >= 4 is 0 Å². The second kappa shape index (κ2) is 9.73. The number of rotatable bonds is 7. The van der Waals surface area contributed by atoms with Gasteiger partial charge in [0, 0.05) is 13.0 Å². The van der Waals surface area contributed by atoms with Crippen molar-refractivity contribution in [1.82, 2.24) is 0 Å². The largest absolute Gasteiger partial charge is 0.381 e. The van der Waals surface area contributed by atoms with E-state index in [1.54, 1.807) is 0 Å². The molecule has 1 heterocycles. The highest BCUT2D eigenvalue weighted by Gasteiger charge is 2.23. The minimum absolute atomic E-state index is 0.508. The molecule has 1 aromatic carbocycles. The van der Waals surface area contributed by atoms with Gasteiger partial charge in [-0.1, -0.05) is 37.6 Å². The smallest absolute Gasteiger partial charge is 0.0575 e. The number of benzene rings is 1.